The second-order valence-corrected chi connectivity index (χ2v) is 12.7. The highest BCUT2D eigenvalue weighted by molar-refractivity contribution is 7.86. The van der Waals surface area contributed by atoms with E-state index in [0.29, 0.717) is 66.1 Å². The Kier molecular flexibility index (Phi) is 9.68. The first-order valence-corrected chi connectivity index (χ1v) is 16.8. The molecule has 0 radical (unpaired) electrons. The highest BCUT2D eigenvalue weighted by Crippen LogP contribution is 2.35. The van der Waals surface area contributed by atoms with E-state index in [-0.39, 0.29) is 24.1 Å². The molecular weight excluding hydrogens is 617 g/mol. The molecule has 1 aliphatic rings. The molecule has 10 heteroatoms. The van der Waals surface area contributed by atoms with Gasteiger partial charge < -0.3 is 19.0 Å². The molecule has 0 aliphatic carbocycles. The zero-order valence-electron chi connectivity index (χ0n) is 26.4. The molecular formula is C37H36FN3O5S. The van der Waals surface area contributed by atoms with Crippen molar-refractivity contribution < 1.29 is 27.3 Å². The molecule has 4 aromatic carbocycles. The maximum atomic E-state index is 14.5. The van der Waals surface area contributed by atoms with Crippen molar-refractivity contribution in [1.82, 2.24) is 4.90 Å². The third kappa shape index (κ3) is 6.92. The Morgan fingerprint density at radius 2 is 1.62 bits per heavy atom. The summed E-state index contributed by atoms with van der Waals surface area (Å²) in [7, 11) is -1.62. The maximum absolute atomic E-state index is 14.5. The third-order valence-corrected chi connectivity index (χ3v) is 9.80. The average Bonchev–Trinajstić information content (AvgIpc) is 3.44. The molecule has 0 spiro atoms. The summed E-state index contributed by atoms with van der Waals surface area (Å²) in [5.41, 5.74) is 4.49. The van der Waals surface area contributed by atoms with E-state index < -0.39 is 17.0 Å². The number of fused-ring (bicyclic) bond motifs is 1. The molecule has 2 heterocycles. The van der Waals surface area contributed by atoms with Gasteiger partial charge in [-0.1, -0.05) is 42.5 Å². The Labute approximate surface area is 275 Å². The molecule has 1 amide bonds. The molecule has 0 saturated carbocycles. The van der Waals surface area contributed by atoms with Crippen LogP contribution in [0.2, 0.25) is 0 Å². The zero-order valence-corrected chi connectivity index (χ0v) is 27.2. The Morgan fingerprint density at radius 1 is 0.915 bits per heavy atom. The average molecular weight is 654 g/mol. The molecule has 8 nitrogen and oxygen atoms in total. The first-order valence-electron chi connectivity index (χ1n) is 15.7. The number of hydrogen-bond donors (Lipinski definition) is 0. The summed E-state index contributed by atoms with van der Waals surface area (Å²) in [6, 6.07) is 29.0. The van der Waals surface area contributed by atoms with Crippen molar-refractivity contribution in [2.75, 3.05) is 48.5 Å². The summed E-state index contributed by atoms with van der Waals surface area (Å²) in [5, 5.41) is 0.706. The number of ether oxygens (including phenoxy) is 1. The molecule has 1 atom stereocenters. The van der Waals surface area contributed by atoms with E-state index in [9.17, 15) is 18.2 Å². The number of rotatable bonds is 10. The Balaban J connectivity index is 1.29. The van der Waals surface area contributed by atoms with Crippen LogP contribution in [-0.4, -0.2) is 60.3 Å². The predicted molar refractivity (Wildman–Crippen MR) is 182 cm³/mol. The van der Waals surface area contributed by atoms with Gasteiger partial charge in [-0.3, -0.25) is 9.10 Å². The van der Waals surface area contributed by atoms with Crippen molar-refractivity contribution in [2.45, 2.75) is 25.2 Å². The van der Waals surface area contributed by atoms with Gasteiger partial charge in [-0.15, -0.1) is 0 Å². The Bertz CT molecular complexity index is 1900. The summed E-state index contributed by atoms with van der Waals surface area (Å²) in [4.78, 5) is 30.1. The minimum Gasteiger partial charge on any atom is -0.460 e. The molecule has 1 saturated heterocycles. The van der Waals surface area contributed by atoms with Crippen molar-refractivity contribution in [3.8, 4) is 0 Å². The number of anilines is 2. The fraction of sp³-hybridized carbons (Fsp3) is 0.243. The highest BCUT2D eigenvalue weighted by Gasteiger charge is 2.27. The van der Waals surface area contributed by atoms with Crippen molar-refractivity contribution in [3.63, 3.8) is 0 Å². The number of para-hydroxylation sites is 2. The van der Waals surface area contributed by atoms with E-state index in [4.69, 9.17) is 9.15 Å². The van der Waals surface area contributed by atoms with E-state index in [1.807, 2.05) is 52.8 Å². The van der Waals surface area contributed by atoms with Gasteiger partial charge in [-0.2, -0.15) is 0 Å². The van der Waals surface area contributed by atoms with Crippen molar-refractivity contribution in [2.24, 2.45) is 0 Å². The molecule has 1 fully saturated rings. The molecule has 0 bridgehead atoms. The molecule has 242 valence electrons. The van der Waals surface area contributed by atoms with Gasteiger partial charge in [-0.25, -0.2) is 13.4 Å². The lowest BCUT2D eigenvalue weighted by Gasteiger charge is -2.38. The summed E-state index contributed by atoms with van der Waals surface area (Å²) in [5.74, 6) is -0.882. The second-order valence-electron chi connectivity index (χ2n) is 11.3. The second kappa shape index (κ2) is 14.2. The van der Waals surface area contributed by atoms with Crippen molar-refractivity contribution in [1.29, 1.82) is 0 Å². The SMILES string of the molecule is CCOC(=O)c1oc2ccc(S(=O)N(CCc3ccccc3)c3ccccc3N3CCN(C(=O)c4ccc(F)cc4)CC3)cc2c1C. The number of carbonyl (C=O) groups is 2. The summed E-state index contributed by atoms with van der Waals surface area (Å²) in [6.07, 6.45) is 0.668. The smallest absolute Gasteiger partial charge is 0.374 e. The van der Waals surface area contributed by atoms with E-state index in [1.165, 1.54) is 24.3 Å². The van der Waals surface area contributed by atoms with Gasteiger partial charge in [0.05, 0.1) is 22.9 Å². The van der Waals surface area contributed by atoms with Crippen molar-refractivity contribution in [3.05, 3.63) is 125 Å². The standard InChI is InChI=1S/C37H36FN3O5S/c1-3-45-37(43)35-26(2)31-25-30(17-18-34(31)46-35)47(44)41(20-19-27-9-5-4-6-10-27)33-12-8-7-11-32(33)39-21-23-40(24-22-39)36(42)28-13-15-29(38)16-14-28/h4-18,25H,3,19-24H2,1-2H3. The van der Waals surface area contributed by atoms with Gasteiger partial charge in [0, 0.05) is 49.2 Å². The molecule has 47 heavy (non-hydrogen) atoms. The van der Waals surface area contributed by atoms with Crippen LogP contribution in [-0.2, 0) is 22.1 Å². The molecule has 1 aliphatic heterocycles. The molecule has 5 aromatic rings. The number of halogens is 1. The largest absolute Gasteiger partial charge is 0.460 e. The number of carbonyl (C=O) groups excluding carboxylic acids is 2. The van der Waals surface area contributed by atoms with Gasteiger partial charge in [-0.05, 0) is 80.4 Å². The lowest BCUT2D eigenvalue weighted by molar-refractivity contribution is 0.0491. The normalized spacial score (nSPS) is 13.9. The number of hydrogen-bond acceptors (Lipinski definition) is 6. The van der Waals surface area contributed by atoms with Crippen LogP contribution < -0.4 is 9.21 Å². The van der Waals surface area contributed by atoms with Crippen LogP contribution in [0.1, 0.15) is 39.0 Å². The van der Waals surface area contributed by atoms with Gasteiger partial charge in [0.15, 0.2) is 11.0 Å². The van der Waals surface area contributed by atoms with Crippen LogP contribution in [0.3, 0.4) is 0 Å². The number of furan rings is 1. The maximum Gasteiger partial charge on any atom is 0.374 e. The fourth-order valence-corrected chi connectivity index (χ4v) is 7.11. The van der Waals surface area contributed by atoms with Gasteiger partial charge in [0.1, 0.15) is 11.4 Å². The molecule has 1 unspecified atom stereocenters. The number of esters is 1. The van der Waals surface area contributed by atoms with Crippen LogP contribution in [0.25, 0.3) is 11.0 Å². The minimum absolute atomic E-state index is 0.125. The molecule has 1 aromatic heterocycles. The van der Waals surface area contributed by atoms with Crippen LogP contribution >= 0.6 is 0 Å². The topological polar surface area (TPSA) is 83.3 Å². The van der Waals surface area contributed by atoms with Gasteiger partial charge in [0.2, 0.25) is 5.76 Å². The number of benzene rings is 4. The fourth-order valence-electron chi connectivity index (χ4n) is 5.86. The Hall–Kier alpha value is -4.96. The van der Waals surface area contributed by atoms with E-state index in [0.717, 1.165) is 16.9 Å². The number of piperazine rings is 1. The highest BCUT2D eigenvalue weighted by atomic mass is 32.2. The van der Waals surface area contributed by atoms with Crippen LogP contribution in [0.15, 0.2) is 106 Å². The lowest BCUT2D eigenvalue weighted by Crippen LogP contribution is -2.49. The zero-order chi connectivity index (χ0) is 32.9. The van der Waals surface area contributed by atoms with Crippen LogP contribution in [0.4, 0.5) is 15.8 Å². The van der Waals surface area contributed by atoms with Crippen LogP contribution in [0, 0.1) is 12.7 Å². The quantitative estimate of drug-likeness (QED) is 0.154. The van der Waals surface area contributed by atoms with Gasteiger partial charge in [0.25, 0.3) is 5.91 Å². The van der Waals surface area contributed by atoms with Gasteiger partial charge >= 0.3 is 5.97 Å². The third-order valence-electron chi connectivity index (χ3n) is 8.37. The number of aryl methyl sites for hydroxylation is 1. The number of amides is 1. The van der Waals surface area contributed by atoms with E-state index in [1.54, 1.807) is 30.9 Å². The summed E-state index contributed by atoms with van der Waals surface area (Å²) in [6.45, 7) is 6.42. The van der Waals surface area contributed by atoms with Crippen molar-refractivity contribution >= 4 is 45.2 Å². The first kappa shape index (κ1) is 32.0. The lowest BCUT2D eigenvalue weighted by atomic mass is 10.1. The minimum atomic E-state index is -1.62. The number of nitrogens with zero attached hydrogens (tertiary/aromatic N) is 3. The first-order chi connectivity index (χ1) is 22.8. The monoisotopic (exact) mass is 653 g/mol. The van der Waals surface area contributed by atoms with E-state index in [2.05, 4.69) is 17.0 Å². The summed E-state index contributed by atoms with van der Waals surface area (Å²) < 4.78 is 40.9. The van der Waals surface area contributed by atoms with E-state index >= 15 is 0 Å². The molecule has 6 rings (SSSR count). The summed E-state index contributed by atoms with van der Waals surface area (Å²) >= 11 is 0. The molecule has 0 N–H and O–H groups in total. The van der Waals surface area contributed by atoms with Crippen LogP contribution in [0.5, 0.6) is 0 Å². The predicted octanol–water partition coefficient (Wildman–Crippen LogP) is 6.79. The Morgan fingerprint density at radius 3 is 2.34 bits per heavy atom.